The average Bonchev–Trinajstić information content (AvgIpc) is 3.09. The molecule has 2 aromatic heterocycles. The smallest absolute Gasteiger partial charge is 0.283 e. The predicted molar refractivity (Wildman–Crippen MR) is 102 cm³/mol. The number of fused-ring (bicyclic) bond motifs is 1. The Bertz CT molecular complexity index is 1260. The summed E-state index contributed by atoms with van der Waals surface area (Å²) in [7, 11) is -3.35. The summed E-state index contributed by atoms with van der Waals surface area (Å²) in [6, 6.07) is 11.8. The first-order valence-electron chi connectivity index (χ1n) is 7.63. The lowest BCUT2D eigenvalue weighted by Gasteiger charge is -2.04. The zero-order valence-electron chi connectivity index (χ0n) is 13.8. The van der Waals surface area contributed by atoms with Gasteiger partial charge in [-0.3, -0.25) is 0 Å². The van der Waals surface area contributed by atoms with Gasteiger partial charge in [-0.1, -0.05) is 23.7 Å². The van der Waals surface area contributed by atoms with E-state index < -0.39 is 9.84 Å². The maximum Gasteiger partial charge on any atom is 0.283 e. The molecule has 10 heteroatoms. The summed E-state index contributed by atoms with van der Waals surface area (Å²) in [4.78, 5) is 8.58. The first-order chi connectivity index (χ1) is 12.9. The molecule has 0 aliphatic heterocycles. The number of sulfone groups is 1. The first-order valence-corrected chi connectivity index (χ1v) is 10.7. The summed E-state index contributed by atoms with van der Waals surface area (Å²) in [5, 5.41) is 9.90. The van der Waals surface area contributed by atoms with Crippen molar-refractivity contribution in [2.24, 2.45) is 0 Å². The fourth-order valence-corrected chi connectivity index (χ4v) is 4.01. The van der Waals surface area contributed by atoms with Gasteiger partial charge < -0.3 is 4.42 Å². The van der Waals surface area contributed by atoms with Crippen LogP contribution in [0, 0.1) is 0 Å². The minimum Gasteiger partial charge on any atom is -0.411 e. The summed E-state index contributed by atoms with van der Waals surface area (Å²) >= 11 is 7.28. The van der Waals surface area contributed by atoms with Gasteiger partial charge in [0.25, 0.3) is 5.22 Å². The number of hydrogen-bond donors (Lipinski definition) is 0. The molecule has 0 saturated heterocycles. The van der Waals surface area contributed by atoms with Crippen LogP contribution in [0.1, 0.15) is 0 Å². The standard InChI is InChI=1S/C17H11ClN4O3S2/c1-27(23,24)10-6-7-14-12(8-10)16(20-9-19-14)26-17-22-21-15(25-17)11-4-2-3-5-13(11)18/h2-9H,1H3. The molecule has 4 aromatic rings. The molecular weight excluding hydrogens is 408 g/mol. The summed E-state index contributed by atoms with van der Waals surface area (Å²) in [6.07, 6.45) is 2.55. The molecule has 2 heterocycles. The normalized spacial score (nSPS) is 11.8. The predicted octanol–water partition coefficient (Wildman–Crippen LogP) is 3.89. The van der Waals surface area contributed by atoms with E-state index in [9.17, 15) is 8.42 Å². The van der Waals surface area contributed by atoms with E-state index in [0.29, 0.717) is 32.4 Å². The number of benzene rings is 2. The van der Waals surface area contributed by atoms with Gasteiger partial charge >= 0.3 is 0 Å². The maximum atomic E-state index is 11.8. The molecular formula is C17H11ClN4O3S2. The van der Waals surface area contributed by atoms with Crippen LogP contribution < -0.4 is 0 Å². The topological polar surface area (TPSA) is 98.8 Å². The van der Waals surface area contributed by atoms with E-state index in [1.807, 2.05) is 12.1 Å². The number of halogens is 1. The van der Waals surface area contributed by atoms with Crippen LogP contribution in [-0.4, -0.2) is 34.8 Å². The third-order valence-corrected chi connectivity index (χ3v) is 5.99. The molecule has 0 N–H and O–H groups in total. The molecule has 7 nitrogen and oxygen atoms in total. The van der Waals surface area contributed by atoms with Gasteiger partial charge in [-0.05, 0) is 42.1 Å². The van der Waals surface area contributed by atoms with Gasteiger partial charge in [0.15, 0.2) is 9.84 Å². The molecule has 2 aromatic carbocycles. The largest absolute Gasteiger partial charge is 0.411 e. The van der Waals surface area contributed by atoms with E-state index in [1.54, 1.807) is 24.3 Å². The van der Waals surface area contributed by atoms with E-state index in [1.165, 1.54) is 12.4 Å². The van der Waals surface area contributed by atoms with E-state index in [2.05, 4.69) is 20.2 Å². The summed E-state index contributed by atoms with van der Waals surface area (Å²) < 4.78 is 29.4. The Morgan fingerprint density at radius 1 is 1.07 bits per heavy atom. The minimum atomic E-state index is -3.35. The highest BCUT2D eigenvalue weighted by molar-refractivity contribution is 7.99. The van der Waals surface area contributed by atoms with Gasteiger partial charge in [-0.15, -0.1) is 10.2 Å². The summed E-state index contributed by atoms with van der Waals surface area (Å²) in [6.45, 7) is 0. The molecule has 0 unspecified atom stereocenters. The first kappa shape index (κ1) is 17.9. The minimum absolute atomic E-state index is 0.189. The zero-order valence-corrected chi connectivity index (χ0v) is 16.2. The third kappa shape index (κ3) is 3.66. The average molecular weight is 419 g/mol. The molecule has 0 fully saturated rings. The Hall–Kier alpha value is -2.49. The number of nitrogens with zero attached hydrogens (tertiary/aromatic N) is 4. The van der Waals surface area contributed by atoms with Crippen molar-refractivity contribution >= 4 is 44.1 Å². The Morgan fingerprint density at radius 3 is 2.67 bits per heavy atom. The molecule has 0 bridgehead atoms. The van der Waals surface area contributed by atoms with Gasteiger partial charge in [-0.2, -0.15) is 0 Å². The maximum absolute atomic E-state index is 11.8. The molecule has 0 aliphatic rings. The van der Waals surface area contributed by atoms with Crippen LogP contribution in [-0.2, 0) is 9.84 Å². The van der Waals surface area contributed by atoms with Crippen LogP contribution >= 0.6 is 23.4 Å². The summed E-state index contributed by atoms with van der Waals surface area (Å²) in [5.41, 5.74) is 1.25. The number of rotatable bonds is 4. The lowest BCUT2D eigenvalue weighted by atomic mass is 10.2. The molecule has 136 valence electrons. The molecule has 4 rings (SSSR count). The van der Waals surface area contributed by atoms with Crippen molar-refractivity contribution in [2.45, 2.75) is 15.1 Å². The highest BCUT2D eigenvalue weighted by Crippen LogP contribution is 2.34. The lowest BCUT2D eigenvalue weighted by Crippen LogP contribution is -1.97. The Labute approximate surface area is 163 Å². The van der Waals surface area contributed by atoms with Crippen molar-refractivity contribution in [1.82, 2.24) is 20.2 Å². The van der Waals surface area contributed by atoms with Gasteiger partial charge in [0.2, 0.25) is 5.89 Å². The number of aromatic nitrogens is 4. The van der Waals surface area contributed by atoms with Crippen LogP contribution in [0.3, 0.4) is 0 Å². The Balaban J connectivity index is 1.73. The van der Waals surface area contributed by atoms with E-state index in [4.69, 9.17) is 16.0 Å². The van der Waals surface area contributed by atoms with Crippen molar-refractivity contribution in [3.8, 4) is 11.5 Å². The van der Waals surface area contributed by atoms with E-state index in [0.717, 1.165) is 18.0 Å². The van der Waals surface area contributed by atoms with E-state index in [-0.39, 0.29) is 10.1 Å². The lowest BCUT2D eigenvalue weighted by molar-refractivity contribution is 0.465. The molecule has 0 aliphatic carbocycles. The van der Waals surface area contributed by atoms with Crippen LogP contribution in [0.25, 0.3) is 22.4 Å². The van der Waals surface area contributed by atoms with Crippen molar-refractivity contribution in [2.75, 3.05) is 6.26 Å². The molecule has 0 radical (unpaired) electrons. The van der Waals surface area contributed by atoms with Gasteiger partial charge in [-0.25, -0.2) is 18.4 Å². The quantitative estimate of drug-likeness (QED) is 0.460. The second-order valence-electron chi connectivity index (χ2n) is 5.58. The molecule has 0 atom stereocenters. The monoisotopic (exact) mass is 418 g/mol. The fraction of sp³-hybridized carbons (Fsp3) is 0.0588. The number of hydrogen-bond acceptors (Lipinski definition) is 8. The SMILES string of the molecule is CS(=O)(=O)c1ccc2ncnc(Sc3nnc(-c4ccccc4Cl)o3)c2c1. The molecule has 0 amide bonds. The van der Waals surface area contributed by atoms with Crippen molar-refractivity contribution in [3.63, 3.8) is 0 Å². The van der Waals surface area contributed by atoms with Gasteiger partial charge in [0, 0.05) is 11.6 Å². The van der Waals surface area contributed by atoms with Crippen molar-refractivity contribution in [1.29, 1.82) is 0 Å². The van der Waals surface area contributed by atoms with E-state index >= 15 is 0 Å². The van der Waals surface area contributed by atoms with Crippen LogP contribution in [0.5, 0.6) is 0 Å². The second kappa shape index (κ2) is 6.91. The van der Waals surface area contributed by atoms with Crippen LogP contribution in [0.2, 0.25) is 5.02 Å². The van der Waals surface area contributed by atoms with Gasteiger partial charge in [0.05, 0.1) is 21.0 Å². The van der Waals surface area contributed by atoms with Gasteiger partial charge in [0.1, 0.15) is 11.4 Å². The highest BCUT2D eigenvalue weighted by atomic mass is 35.5. The van der Waals surface area contributed by atoms with Crippen molar-refractivity contribution in [3.05, 3.63) is 53.8 Å². The van der Waals surface area contributed by atoms with Crippen LogP contribution in [0.15, 0.2) is 68.4 Å². The Kier molecular flexibility index (Phi) is 4.58. The Morgan fingerprint density at radius 2 is 1.89 bits per heavy atom. The zero-order chi connectivity index (χ0) is 19.0. The van der Waals surface area contributed by atoms with Crippen molar-refractivity contribution < 1.29 is 12.8 Å². The third-order valence-electron chi connectivity index (χ3n) is 3.69. The highest BCUT2D eigenvalue weighted by Gasteiger charge is 2.16. The van der Waals surface area contributed by atoms with Crippen LogP contribution in [0.4, 0.5) is 0 Å². The molecule has 27 heavy (non-hydrogen) atoms. The second-order valence-corrected chi connectivity index (χ2v) is 8.95. The summed E-state index contributed by atoms with van der Waals surface area (Å²) in [5.74, 6) is 0.290. The molecule has 0 spiro atoms. The fourth-order valence-electron chi connectivity index (χ4n) is 2.40. The molecule has 0 saturated carbocycles.